The molecule has 138 valence electrons. The average molecular weight is 374 g/mol. The lowest BCUT2D eigenvalue weighted by Crippen LogP contribution is -2.13. The van der Waals surface area contributed by atoms with Crippen LogP contribution < -0.4 is 15.6 Å². The van der Waals surface area contributed by atoms with E-state index in [0.29, 0.717) is 11.3 Å². The predicted octanol–water partition coefficient (Wildman–Crippen LogP) is 2.35. The number of primary sulfonamides is 1. The molecule has 0 aromatic heterocycles. The van der Waals surface area contributed by atoms with Crippen molar-refractivity contribution in [2.75, 3.05) is 7.11 Å². The van der Waals surface area contributed by atoms with Gasteiger partial charge in [0.05, 0.1) is 17.6 Å². The summed E-state index contributed by atoms with van der Waals surface area (Å²) in [5.41, 5.74) is 7.82. The first-order valence-corrected chi connectivity index (χ1v) is 9.72. The van der Waals surface area contributed by atoms with E-state index in [4.69, 9.17) is 15.6 Å². The molecule has 1 fully saturated rings. The molecule has 4 N–H and O–H groups in total. The zero-order valence-electron chi connectivity index (χ0n) is 14.9. The van der Waals surface area contributed by atoms with Gasteiger partial charge in [-0.25, -0.2) is 13.6 Å². The van der Waals surface area contributed by atoms with E-state index < -0.39 is 15.9 Å². The molecule has 0 heterocycles. The number of primary amides is 1. The maximum absolute atomic E-state index is 11.7. The van der Waals surface area contributed by atoms with Gasteiger partial charge in [0.1, 0.15) is 5.75 Å². The highest BCUT2D eigenvalue weighted by molar-refractivity contribution is 7.89. The molecule has 6 nitrogen and oxygen atoms in total. The Morgan fingerprint density at radius 2 is 1.58 bits per heavy atom. The SMILES string of the molecule is COc1ccc(C2C(c3ccc(S(N)(=O)=O)cc3)C2(C)C)cc1C(N)=O. The lowest BCUT2D eigenvalue weighted by molar-refractivity contribution is 0.0997. The van der Waals surface area contributed by atoms with Gasteiger partial charge in [0, 0.05) is 0 Å². The topological polar surface area (TPSA) is 112 Å². The maximum Gasteiger partial charge on any atom is 0.252 e. The summed E-state index contributed by atoms with van der Waals surface area (Å²) in [6.07, 6.45) is 0. The van der Waals surface area contributed by atoms with Gasteiger partial charge in [0.15, 0.2) is 0 Å². The van der Waals surface area contributed by atoms with Crippen LogP contribution in [0.25, 0.3) is 0 Å². The highest BCUT2D eigenvalue weighted by Gasteiger charge is 2.58. The molecule has 2 atom stereocenters. The molecule has 0 spiro atoms. The smallest absolute Gasteiger partial charge is 0.252 e. The number of rotatable bonds is 5. The molecule has 7 heteroatoms. The normalized spacial score (nSPS) is 21.2. The molecular weight excluding hydrogens is 352 g/mol. The average Bonchev–Trinajstić information content (AvgIpc) is 3.15. The van der Waals surface area contributed by atoms with E-state index in [1.807, 2.05) is 6.07 Å². The van der Waals surface area contributed by atoms with Crippen LogP contribution in [-0.4, -0.2) is 21.4 Å². The zero-order chi connectivity index (χ0) is 19.3. The molecule has 0 saturated heterocycles. The molecule has 0 radical (unpaired) electrons. The second-order valence-electron chi connectivity index (χ2n) is 7.21. The Labute approximate surface area is 153 Å². The van der Waals surface area contributed by atoms with Gasteiger partial charge in [-0.3, -0.25) is 4.79 Å². The summed E-state index contributed by atoms with van der Waals surface area (Å²) in [7, 11) is -2.21. The number of nitrogens with two attached hydrogens (primary N) is 2. The first kappa shape index (κ1) is 18.4. The Morgan fingerprint density at radius 3 is 2.08 bits per heavy atom. The largest absolute Gasteiger partial charge is 0.496 e. The highest BCUT2D eigenvalue weighted by Crippen LogP contribution is 2.70. The van der Waals surface area contributed by atoms with Gasteiger partial charge in [-0.1, -0.05) is 32.0 Å². The van der Waals surface area contributed by atoms with Gasteiger partial charge < -0.3 is 10.5 Å². The Morgan fingerprint density at radius 1 is 1.04 bits per heavy atom. The van der Waals surface area contributed by atoms with Crippen LogP contribution in [0.4, 0.5) is 0 Å². The third kappa shape index (κ3) is 3.08. The van der Waals surface area contributed by atoms with Crippen LogP contribution in [0.3, 0.4) is 0 Å². The molecule has 2 unspecified atom stereocenters. The Kier molecular flexibility index (Phi) is 4.32. The first-order chi connectivity index (χ1) is 12.1. The number of hydrogen-bond donors (Lipinski definition) is 2. The summed E-state index contributed by atoms with van der Waals surface area (Å²) >= 11 is 0. The standard InChI is InChI=1S/C19H22N2O4S/c1-19(2)16(11-4-7-13(8-5-11)26(21,23)24)17(19)12-6-9-15(25-3)14(10-12)18(20)22/h4-10,16-17H,1-3H3,(H2,20,22)(H2,21,23,24). The number of ether oxygens (including phenoxy) is 1. The summed E-state index contributed by atoms with van der Waals surface area (Å²) in [5, 5.41) is 5.16. The van der Waals surface area contributed by atoms with Crippen molar-refractivity contribution in [3.05, 3.63) is 59.2 Å². The van der Waals surface area contributed by atoms with Crippen LogP contribution in [-0.2, 0) is 10.0 Å². The highest BCUT2D eigenvalue weighted by atomic mass is 32.2. The molecule has 1 aliphatic rings. The number of methoxy groups -OCH3 is 1. The Balaban J connectivity index is 1.95. The van der Waals surface area contributed by atoms with Gasteiger partial charge in [-0.15, -0.1) is 0 Å². The van der Waals surface area contributed by atoms with Crippen molar-refractivity contribution in [3.8, 4) is 5.75 Å². The molecule has 1 aliphatic carbocycles. The van der Waals surface area contributed by atoms with Crippen molar-refractivity contribution >= 4 is 15.9 Å². The van der Waals surface area contributed by atoms with Crippen LogP contribution in [0.5, 0.6) is 5.75 Å². The molecule has 26 heavy (non-hydrogen) atoms. The van der Waals surface area contributed by atoms with Crippen LogP contribution in [0, 0.1) is 5.41 Å². The Hall–Kier alpha value is -2.38. The van der Waals surface area contributed by atoms with E-state index in [1.54, 1.807) is 24.3 Å². The third-order valence-electron chi connectivity index (χ3n) is 5.24. The third-order valence-corrected chi connectivity index (χ3v) is 6.17. The summed E-state index contributed by atoms with van der Waals surface area (Å²) in [4.78, 5) is 11.8. The Bertz CT molecular complexity index is 966. The maximum atomic E-state index is 11.7. The second kappa shape index (κ2) is 6.10. The van der Waals surface area contributed by atoms with Gasteiger partial charge in [0.25, 0.3) is 5.91 Å². The van der Waals surface area contributed by atoms with Crippen molar-refractivity contribution in [2.24, 2.45) is 16.3 Å². The quantitative estimate of drug-likeness (QED) is 0.836. The molecule has 2 aromatic carbocycles. The summed E-state index contributed by atoms with van der Waals surface area (Å²) < 4.78 is 28.1. The fraction of sp³-hybridized carbons (Fsp3) is 0.316. The second-order valence-corrected chi connectivity index (χ2v) is 8.78. The van der Waals surface area contributed by atoms with Crippen LogP contribution in [0.1, 0.15) is 47.2 Å². The van der Waals surface area contributed by atoms with Crippen molar-refractivity contribution in [1.82, 2.24) is 0 Å². The number of carbonyl (C=O) groups excluding carboxylic acids is 1. The van der Waals surface area contributed by atoms with Crippen molar-refractivity contribution in [2.45, 2.75) is 30.6 Å². The van der Waals surface area contributed by atoms with E-state index in [2.05, 4.69) is 13.8 Å². The minimum atomic E-state index is -3.71. The van der Waals surface area contributed by atoms with Crippen LogP contribution >= 0.6 is 0 Å². The summed E-state index contributed by atoms with van der Waals surface area (Å²) in [6, 6.07) is 12.1. The number of amides is 1. The molecule has 1 saturated carbocycles. The first-order valence-electron chi connectivity index (χ1n) is 8.18. The number of sulfonamides is 1. The van der Waals surface area contributed by atoms with Gasteiger partial charge >= 0.3 is 0 Å². The van der Waals surface area contributed by atoms with E-state index in [0.717, 1.165) is 11.1 Å². The number of benzene rings is 2. The fourth-order valence-electron chi connectivity index (χ4n) is 3.86. The minimum absolute atomic E-state index is 0.0351. The predicted molar refractivity (Wildman–Crippen MR) is 98.6 cm³/mol. The molecule has 0 bridgehead atoms. The number of hydrogen-bond acceptors (Lipinski definition) is 4. The lowest BCUT2D eigenvalue weighted by atomic mass is 10.0. The summed E-state index contributed by atoms with van der Waals surface area (Å²) in [6.45, 7) is 4.29. The van der Waals surface area contributed by atoms with E-state index in [-0.39, 0.29) is 22.1 Å². The number of carbonyl (C=O) groups is 1. The van der Waals surface area contributed by atoms with Crippen molar-refractivity contribution < 1.29 is 17.9 Å². The van der Waals surface area contributed by atoms with Crippen LogP contribution in [0.2, 0.25) is 0 Å². The molecule has 1 amide bonds. The van der Waals surface area contributed by atoms with Gasteiger partial charge in [0.2, 0.25) is 10.0 Å². The van der Waals surface area contributed by atoms with Crippen LogP contribution in [0.15, 0.2) is 47.4 Å². The van der Waals surface area contributed by atoms with E-state index >= 15 is 0 Å². The molecule has 3 rings (SSSR count). The van der Waals surface area contributed by atoms with Crippen molar-refractivity contribution in [3.63, 3.8) is 0 Å². The van der Waals surface area contributed by atoms with E-state index in [9.17, 15) is 13.2 Å². The van der Waals surface area contributed by atoms with Gasteiger partial charge in [-0.2, -0.15) is 0 Å². The van der Waals surface area contributed by atoms with Crippen molar-refractivity contribution in [1.29, 1.82) is 0 Å². The molecule has 0 aliphatic heterocycles. The molecule has 2 aromatic rings. The summed E-state index contributed by atoms with van der Waals surface area (Å²) in [5.74, 6) is 0.308. The molecular formula is C19H22N2O4S. The minimum Gasteiger partial charge on any atom is -0.496 e. The zero-order valence-corrected chi connectivity index (χ0v) is 15.7. The van der Waals surface area contributed by atoms with E-state index in [1.165, 1.54) is 19.2 Å². The lowest BCUT2D eigenvalue weighted by Gasteiger charge is -2.09. The van der Waals surface area contributed by atoms with Gasteiger partial charge in [-0.05, 0) is 52.6 Å². The fourth-order valence-corrected chi connectivity index (χ4v) is 4.37. The monoisotopic (exact) mass is 374 g/mol.